The third kappa shape index (κ3) is 8.84. The van der Waals surface area contributed by atoms with Gasteiger partial charge in [-0.25, -0.2) is 4.89 Å². The van der Waals surface area contributed by atoms with Crippen LogP contribution >= 0.6 is 0 Å². The Kier molecular flexibility index (Phi) is 15.3. The zero-order valence-corrected chi connectivity index (χ0v) is 7.10. The quantitative estimate of drug-likeness (QED) is 0.483. The zero-order valence-electron chi connectivity index (χ0n) is 3.22. The summed E-state index contributed by atoms with van der Waals surface area (Å²) < 4.78 is 0. The Morgan fingerprint density at radius 3 is 2.00 bits per heavy atom. The molecule has 0 aliphatic rings. The van der Waals surface area contributed by atoms with Crippen LogP contribution in [0.5, 0.6) is 0 Å². The van der Waals surface area contributed by atoms with Crippen molar-refractivity contribution in [2.45, 2.75) is 0 Å². The van der Waals surface area contributed by atoms with Crippen molar-refractivity contribution in [3.8, 4) is 0 Å². The molecule has 0 saturated carbocycles. The molecule has 0 aromatic heterocycles. The van der Waals surface area contributed by atoms with E-state index in [2.05, 4.69) is 4.89 Å². The van der Waals surface area contributed by atoms with Gasteiger partial charge in [-0.15, -0.1) is 0 Å². The van der Waals surface area contributed by atoms with Crippen LogP contribution in [0.3, 0.4) is 0 Å². The first-order valence-corrected chi connectivity index (χ1v) is 1.29. The molecule has 0 rings (SSSR count). The molecule has 0 aliphatic heterocycles. The molecule has 3 nitrogen and oxygen atoms in total. The molecule has 40 valence electrons. The Labute approximate surface area is 55.3 Å². The molecule has 6 heavy (non-hydrogen) atoms. The standard InChI is InChI=1S/C2H6O3.Po.2H/c3-1-2-5-4;;;/h3-4H,1-2H2;;;. The maximum absolute atomic E-state index is 7.78. The molecule has 0 atom stereocenters. The Hall–Kier alpha value is 0.776. The maximum atomic E-state index is 7.78. The molecule has 0 radical (unpaired) electrons. The first-order valence-electron chi connectivity index (χ1n) is 1.29. The van der Waals surface area contributed by atoms with Crippen LogP contribution in [-0.2, 0) is 4.89 Å². The molecule has 0 unspecified atom stereocenters. The summed E-state index contributed by atoms with van der Waals surface area (Å²) in [5, 5.41) is 15.2. The van der Waals surface area contributed by atoms with E-state index in [0.29, 0.717) is 0 Å². The molecule has 0 amide bonds. The molecular weight excluding hydrogens is 281 g/mol. The number of rotatable bonds is 2. The summed E-state index contributed by atoms with van der Waals surface area (Å²) in [5.74, 6) is 0. The fourth-order valence-electron chi connectivity index (χ4n) is 0.0408. The van der Waals surface area contributed by atoms with Crippen LogP contribution < -0.4 is 0 Å². The molecule has 0 aliphatic carbocycles. The molecular formula is C2H8O3Po. The van der Waals surface area contributed by atoms with Crippen LogP contribution in [0.25, 0.3) is 0 Å². The Morgan fingerprint density at radius 2 is 2.00 bits per heavy atom. The van der Waals surface area contributed by atoms with E-state index in [1.54, 1.807) is 0 Å². The van der Waals surface area contributed by atoms with Gasteiger partial charge in [0.2, 0.25) is 0 Å². The summed E-state index contributed by atoms with van der Waals surface area (Å²) in [6.45, 7) is -0.128. The van der Waals surface area contributed by atoms with E-state index in [0.717, 1.165) is 0 Å². The van der Waals surface area contributed by atoms with Gasteiger partial charge in [0.1, 0.15) is 6.61 Å². The SMILES string of the molecule is OCCOO.[PoH2]. The Morgan fingerprint density at radius 1 is 1.50 bits per heavy atom. The van der Waals surface area contributed by atoms with Crippen LogP contribution in [0.1, 0.15) is 0 Å². The van der Waals surface area contributed by atoms with Gasteiger partial charge in [0.15, 0.2) is 0 Å². The summed E-state index contributed by atoms with van der Waals surface area (Å²) in [6, 6.07) is 0. The molecule has 0 heterocycles. The van der Waals surface area contributed by atoms with Crippen molar-refractivity contribution < 1.29 is 15.3 Å². The number of aliphatic hydroxyl groups excluding tert-OH is 1. The summed E-state index contributed by atoms with van der Waals surface area (Å²) in [5.41, 5.74) is 0. The summed E-state index contributed by atoms with van der Waals surface area (Å²) >= 11 is 0. The van der Waals surface area contributed by atoms with Gasteiger partial charge < -0.3 is 5.11 Å². The Balaban J connectivity index is 0. The normalized spacial score (nSPS) is 7.00. The van der Waals surface area contributed by atoms with Crippen molar-refractivity contribution in [2.75, 3.05) is 13.2 Å². The Bertz CT molecular complexity index is 16.3. The van der Waals surface area contributed by atoms with Gasteiger partial charge in [-0.3, -0.25) is 5.26 Å². The molecule has 0 aromatic carbocycles. The fourth-order valence-corrected chi connectivity index (χ4v) is 0.0408. The van der Waals surface area contributed by atoms with Crippen molar-refractivity contribution in [3.05, 3.63) is 0 Å². The van der Waals surface area contributed by atoms with Gasteiger partial charge in [0.25, 0.3) is 0 Å². The van der Waals surface area contributed by atoms with Crippen LogP contribution in [0, 0.1) is 0 Å². The average molecular weight is 289 g/mol. The third-order valence-corrected chi connectivity index (χ3v) is 0.183. The van der Waals surface area contributed by atoms with E-state index in [-0.39, 0.29) is 39.8 Å². The van der Waals surface area contributed by atoms with Crippen molar-refractivity contribution >= 4 is 26.6 Å². The topological polar surface area (TPSA) is 49.7 Å². The second kappa shape index (κ2) is 9.24. The first-order chi connectivity index (χ1) is 2.41. The van der Waals surface area contributed by atoms with Crippen molar-refractivity contribution in [1.82, 2.24) is 0 Å². The van der Waals surface area contributed by atoms with Crippen molar-refractivity contribution in [2.24, 2.45) is 0 Å². The summed E-state index contributed by atoms with van der Waals surface area (Å²) in [4.78, 5) is 3.44. The first kappa shape index (κ1) is 9.91. The van der Waals surface area contributed by atoms with Gasteiger partial charge in [0.05, 0.1) is 6.61 Å². The van der Waals surface area contributed by atoms with E-state index in [1.165, 1.54) is 0 Å². The van der Waals surface area contributed by atoms with Crippen molar-refractivity contribution in [1.29, 1.82) is 0 Å². The van der Waals surface area contributed by atoms with Crippen molar-refractivity contribution in [3.63, 3.8) is 0 Å². The number of hydrogen-bond acceptors (Lipinski definition) is 3. The zero-order chi connectivity index (χ0) is 4.12. The molecule has 0 bridgehead atoms. The predicted octanol–water partition coefficient (Wildman–Crippen LogP) is -1.45. The van der Waals surface area contributed by atoms with Gasteiger partial charge in [0, 0.05) is 0 Å². The van der Waals surface area contributed by atoms with Crippen LogP contribution in [0.2, 0.25) is 0 Å². The molecule has 2 N–H and O–H groups in total. The number of hydrogen-bond donors (Lipinski definition) is 2. The molecule has 0 spiro atoms. The van der Waals surface area contributed by atoms with E-state index < -0.39 is 0 Å². The van der Waals surface area contributed by atoms with E-state index >= 15 is 0 Å². The molecule has 4 heteroatoms. The van der Waals surface area contributed by atoms with E-state index in [9.17, 15) is 0 Å². The molecule has 0 saturated heterocycles. The average Bonchev–Trinajstić information content (AvgIpc) is 1.41. The van der Waals surface area contributed by atoms with Crippen LogP contribution in [0.15, 0.2) is 0 Å². The van der Waals surface area contributed by atoms with Crippen LogP contribution in [0.4, 0.5) is 0 Å². The third-order valence-electron chi connectivity index (χ3n) is 0.183. The van der Waals surface area contributed by atoms with Gasteiger partial charge in [-0.2, -0.15) is 0 Å². The van der Waals surface area contributed by atoms with E-state index in [4.69, 9.17) is 10.4 Å². The monoisotopic (exact) mass is 289 g/mol. The minimum absolute atomic E-state index is 0. The second-order valence-corrected chi connectivity index (χ2v) is 0.557. The second-order valence-electron chi connectivity index (χ2n) is 0.557. The summed E-state index contributed by atoms with van der Waals surface area (Å²) in [6.07, 6.45) is 0. The van der Waals surface area contributed by atoms with Gasteiger partial charge in [-0.05, 0) is 0 Å². The minimum atomic E-state index is -0.128. The van der Waals surface area contributed by atoms with Gasteiger partial charge >= 0.3 is 26.6 Å². The molecule has 0 aromatic rings. The van der Waals surface area contributed by atoms with Gasteiger partial charge in [-0.1, -0.05) is 0 Å². The summed E-state index contributed by atoms with van der Waals surface area (Å²) in [7, 11) is 0. The molecule has 0 fully saturated rings. The predicted molar refractivity (Wildman–Crippen MR) is 24.2 cm³/mol. The number of aliphatic hydroxyl groups is 1. The fraction of sp³-hybridized carbons (Fsp3) is 1.00. The van der Waals surface area contributed by atoms with E-state index in [1.807, 2.05) is 0 Å². The van der Waals surface area contributed by atoms with Crippen LogP contribution in [-0.4, -0.2) is 50.1 Å².